The fraction of sp³-hybridized carbons (Fsp3) is 0.706. The van der Waals surface area contributed by atoms with Gasteiger partial charge in [-0.15, -0.1) is 5.06 Å². The second-order valence-corrected chi connectivity index (χ2v) is 7.91. The Morgan fingerprint density at radius 1 is 1.35 bits per heavy atom. The van der Waals surface area contributed by atoms with Crippen LogP contribution in [0.3, 0.4) is 0 Å². The maximum atomic E-state index is 11.9. The van der Waals surface area contributed by atoms with E-state index < -0.39 is 18.3 Å². The Hall–Kier alpha value is -2.29. The normalized spacial score (nSPS) is 26.4. The van der Waals surface area contributed by atoms with Gasteiger partial charge in [0.15, 0.2) is 6.23 Å². The number of nitrogens with zero attached hydrogens (tertiary/aromatic N) is 3. The van der Waals surface area contributed by atoms with E-state index in [0.717, 1.165) is 12.1 Å². The van der Waals surface area contributed by atoms with Crippen molar-refractivity contribution in [1.82, 2.24) is 14.8 Å². The Bertz CT molecular complexity index is 696. The highest BCUT2D eigenvalue weighted by Crippen LogP contribution is 2.37. The van der Waals surface area contributed by atoms with Crippen LogP contribution in [-0.4, -0.2) is 44.3 Å². The van der Waals surface area contributed by atoms with Gasteiger partial charge in [0.1, 0.15) is 11.9 Å². The van der Waals surface area contributed by atoms with Crippen LogP contribution < -0.4 is 5.73 Å². The minimum atomic E-state index is -1.10. The molecule has 1 unspecified atom stereocenters. The Kier molecular flexibility index (Phi) is 4.83. The van der Waals surface area contributed by atoms with E-state index in [0.29, 0.717) is 23.7 Å². The number of aliphatic hydroxyl groups is 1. The number of carbonyl (C=O) groups is 2. The second-order valence-electron chi connectivity index (χ2n) is 7.91. The first-order valence-corrected chi connectivity index (χ1v) is 8.90. The predicted molar refractivity (Wildman–Crippen MR) is 91.7 cm³/mol. The number of rotatable bonds is 3. The number of aliphatic hydroxyl groups excluding tert-OH is 1. The Labute approximate surface area is 152 Å². The molecular weight excluding hydrogens is 340 g/mol. The van der Waals surface area contributed by atoms with Gasteiger partial charge in [0.2, 0.25) is 0 Å². The summed E-state index contributed by atoms with van der Waals surface area (Å²) in [7, 11) is 0. The number of nitrogens with two attached hydrogens (primary N) is 1. The van der Waals surface area contributed by atoms with Crippen LogP contribution in [0.4, 0.5) is 10.6 Å². The number of carbonyl (C=O) groups excluding carboxylic acids is 2. The molecule has 3 N–H and O–H groups in total. The van der Waals surface area contributed by atoms with E-state index in [1.807, 2.05) is 26.8 Å². The number of aromatic nitrogens is 2. The van der Waals surface area contributed by atoms with Crippen LogP contribution in [0, 0.1) is 0 Å². The van der Waals surface area contributed by atoms with Gasteiger partial charge >= 0.3 is 6.16 Å². The van der Waals surface area contributed by atoms with Crippen molar-refractivity contribution in [2.45, 2.75) is 76.7 Å². The fourth-order valence-electron chi connectivity index (χ4n) is 3.46. The smallest absolute Gasteiger partial charge is 0.429 e. The lowest BCUT2D eigenvalue weighted by Gasteiger charge is -2.21. The van der Waals surface area contributed by atoms with Crippen molar-refractivity contribution in [2.75, 3.05) is 5.73 Å². The molecule has 3 rings (SSSR count). The molecule has 1 aromatic heterocycles. The summed E-state index contributed by atoms with van der Waals surface area (Å²) in [6, 6.07) is 1.87. The molecule has 26 heavy (non-hydrogen) atoms. The molecule has 0 spiro atoms. The Balaban J connectivity index is 1.56. The summed E-state index contributed by atoms with van der Waals surface area (Å²) in [5.41, 5.74) is 6.75. The van der Waals surface area contributed by atoms with Crippen LogP contribution in [0.5, 0.6) is 0 Å². The van der Waals surface area contributed by atoms with Crippen LogP contribution in [0.1, 0.15) is 64.5 Å². The molecule has 1 aliphatic carbocycles. The molecule has 2 aliphatic rings. The highest BCUT2D eigenvalue weighted by molar-refractivity contribution is 5.78. The van der Waals surface area contributed by atoms with Crippen LogP contribution in [0.25, 0.3) is 0 Å². The van der Waals surface area contributed by atoms with Gasteiger partial charge in [-0.2, -0.15) is 5.10 Å². The van der Waals surface area contributed by atoms with Crippen molar-refractivity contribution >= 4 is 17.9 Å². The molecule has 1 saturated heterocycles. The summed E-state index contributed by atoms with van der Waals surface area (Å²) in [5.74, 6) is 0.331. The summed E-state index contributed by atoms with van der Waals surface area (Å²) >= 11 is 0. The molecule has 1 saturated carbocycles. The minimum Gasteiger partial charge on any atom is -0.429 e. The summed E-state index contributed by atoms with van der Waals surface area (Å²) in [4.78, 5) is 28.2. The predicted octanol–water partition coefficient (Wildman–Crippen LogP) is 1.87. The van der Waals surface area contributed by atoms with Crippen molar-refractivity contribution in [3.8, 4) is 0 Å². The number of amides is 1. The summed E-state index contributed by atoms with van der Waals surface area (Å²) in [5, 5.41) is 14.9. The number of hydrogen-bond donors (Lipinski definition) is 2. The SMILES string of the molecule is CC(C)(C)n1nc([C@H]2CC[C@@H](OC(=O)ON3C(=O)CCC3O)C2)cc1N. The van der Waals surface area contributed by atoms with Crippen LogP contribution in [0.2, 0.25) is 0 Å². The molecule has 144 valence electrons. The third kappa shape index (κ3) is 3.77. The number of nitrogen functional groups attached to an aromatic ring is 1. The molecule has 0 bridgehead atoms. The van der Waals surface area contributed by atoms with Crippen LogP contribution >= 0.6 is 0 Å². The third-order valence-corrected chi connectivity index (χ3v) is 4.76. The van der Waals surface area contributed by atoms with E-state index in [4.69, 9.17) is 15.3 Å². The van der Waals surface area contributed by atoms with Gasteiger partial charge in [-0.25, -0.2) is 9.48 Å². The van der Waals surface area contributed by atoms with Gasteiger partial charge in [0.05, 0.1) is 11.2 Å². The van der Waals surface area contributed by atoms with Gasteiger partial charge in [0.25, 0.3) is 5.91 Å². The summed E-state index contributed by atoms with van der Waals surface area (Å²) in [6.45, 7) is 6.10. The maximum Gasteiger partial charge on any atom is 0.533 e. The van der Waals surface area contributed by atoms with Gasteiger partial charge in [-0.1, -0.05) is 0 Å². The maximum absolute atomic E-state index is 11.9. The molecule has 1 aliphatic heterocycles. The van der Waals surface area contributed by atoms with E-state index in [1.54, 1.807) is 4.68 Å². The van der Waals surface area contributed by atoms with Crippen LogP contribution in [-0.2, 0) is 19.9 Å². The standard InChI is InChI=1S/C17H26N4O5/c1-17(2,3)21-13(18)9-12(19-21)10-4-5-11(8-10)25-16(24)26-20-14(22)6-7-15(20)23/h9-11,14,22H,4-8,18H2,1-3H3/t10-,11+,14?/m0/s1. The van der Waals surface area contributed by atoms with Crippen molar-refractivity contribution < 1.29 is 24.3 Å². The molecule has 2 heterocycles. The second kappa shape index (κ2) is 6.79. The zero-order valence-corrected chi connectivity index (χ0v) is 15.3. The largest absolute Gasteiger partial charge is 0.533 e. The topological polar surface area (TPSA) is 120 Å². The number of hydroxylamine groups is 2. The van der Waals surface area contributed by atoms with Gasteiger partial charge in [0, 0.05) is 24.8 Å². The van der Waals surface area contributed by atoms with Crippen molar-refractivity contribution in [1.29, 1.82) is 0 Å². The lowest BCUT2D eigenvalue weighted by molar-refractivity contribution is -0.201. The van der Waals surface area contributed by atoms with Crippen molar-refractivity contribution in [3.05, 3.63) is 11.8 Å². The molecular formula is C17H26N4O5. The van der Waals surface area contributed by atoms with Gasteiger partial charge < -0.3 is 20.4 Å². The first-order valence-electron chi connectivity index (χ1n) is 8.90. The van der Waals surface area contributed by atoms with E-state index in [1.165, 1.54) is 0 Å². The summed E-state index contributed by atoms with van der Waals surface area (Å²) in [6.07, 6.45) is 0.130. The molecule has 0 radical (unpaired) electrons. The number of hydrogen-bond acceptors (Lipinski definition) is 7. The minimum absolute atomic E-state index is 0.151. The van der Waals surface area contributed by atoms with Crippen LogP contribution in [0.15, 0.2) is 6.07 Å². The lowest BCUT2D eigenvalue weighted by atomic mass is 10.0. The van der Waals surface area contributed by atoms with E-state index in [-0.39, 0.29) is 30.4 Å². The summed E-state index contributed by atoms with van der Waals surface area (Å²) < 4.78 is 7.09. The average molecular weight is 366 g/mol. The Morgan fingerprint density at radius 3 is 2.65 bits per heavy atom. The van der Waals surface area contributed by atoms with Gasteiger partial charge in [-0.05, 0) is 40.0 Å². The first kappa shape index (κ1) is 18.5. The molecule has 3 atom stereocenters. The molecule has 1 aromatic rings. The monoisotopic (exact) mass is 366 g/mol. The molecule has 9 nitrogen and oxygen atoms in total. The Morgan fingerprint density at radius 2 is 2.08 bits per heavy atom. The zero-order chi connectivity index (χ0) is 19.1. The number of anilines is 1. The quantitative estimate of drug-likeness (QED) is 0.783. The molecule has 1 amide bonds. The van der Waals surface area contributed by atoms with Gasteiger partial charge in [-0.3, -0.25) is 4.79 Å². The molecule has 0 aromatic carbocycles. The van der Waals surface area contributed by atoms with Crippen molar-refractivity contribution in [2.24, 2.45) is 0 Å². The molecule has 9 heteroatoms. The third-order valence-electron chi connectivity index (χ3n) is 4.76. The average Bonchev–Trinajstić information content (AvgIpc) is 3.22. The highest BCUT2D eigenvalue weighted by atomic mass is 16.8. The lowest BCUT2D eigenvalue weighted by Crippen LogP contribution is -2.36. The number of ether oxygens (including phenoxy) is 1. The van der Waals surface area contributed by atoms with E-state index in [2.05, 4.69) is 5.10 Å². The fourth-order valence-corrected chi connectivity index (χ4v) is 3.46. The highest BCUT2D eigenvalue weighted by Gasteiger charge is 2.36. The van der Waals surface area contributed by atoms with E-state index >= 15 is 0 Å². The van der Waals surface area contributed by atoms with E-state index in [9.17, 15) is 14.7 Å². The molecule has 2 fully saturated rings. The zero-order valence-electron chi connectivity index (χ0n) is 15.3. The van der Waals surface area contributed by atoms with Crippen molar-refractivity contribution in [3.63, 3.8) is 0 Å². The first-order chi connectivity index (χ1) is 12.1.